The number of halogens is 1. The Labute approximate surface area is 107 Å². The van der Waals surface area contributed by atoms with E-state index in [4.69, 9.17) is 17.3 Å². The monoisotopic (exact) mass is 260 g/mol. The predicted molar refractivity (Wildman–Crippen MR) is 73.2 cm³/mol. The van der Waals surface area contributed by atoms with Crippen LogP contribution in [0.2, 0.25) is 5.02 Å². The van der Waals surface area contributed by atoms with Crippen molar-refractivity contribution in [1.82, 2.24) is 4.90 Å². The van der Waals surface area contributed by atoms with Gasteiger partial charge in [0, 0.05) is 22.8 Å². The molecule has 2 nitrogen and oxygen atoms in total. The van der Waals surface area contributed by atoms with Gasteiger partial charge in [-0.15, -0.1) is 11.3 Å². The van der Waals surface area contributed by atoms with E-state index in [0.717, 1.165) is 5.02 Å². The Kier molecular flexibility index (Phi) is 5.25. The maximum atomic E-state index is 5.96. The average molecular weight is 261 g/mol. The summed E-state index contributed by atoms with van der Waals surface area (Å²) >= 11 is 7.65. The zero-order valence-corrected chi connectivity index (χ0v) is 12.0. The van der Waals surface area contributed by atoms with Gasteiger partial charge in [-0.3, -0.25) is 4.90 Å². The van der Waals surface area contributed by atoms with Crippen LogP contribution in [0.25, 0.3) is 0 Å². The molecule has 1 aromatic heterocycles. The van der Waals surface area contributed by atoms with Crippen LogP contribution < -0.4 is 5.73 Å². The van der Waals surface area contributed by atoms with Gasteiger partial charge in [0.05, 0.1) is 11.1 Å². The fraction of sp³-hybridized carbons (Fsp3) is 0.667. The zero-order valence-electron chi connectivity index (χ0n) is 10.4. The fourth-order valence-corrected chi connectivity index (χ4v) is 2.99. The Morgan fingerprint density at radius 3 is 2.44 bits per heavy atom. The molecule has 1 aromatic rings. The summed E-state index contributed by atoms with van der Waals surface area (Å²) in [4.78, 5) is 3.59. The molecule has 2 unspecified atom stereocenters. The van der Waals surface area contributed by atoms with E-state index >= 15 is 0 Å². The molecule has 0 bridgehead atoms. The van der Waals surface area contributed by atoms with Crippen LogP contribution in [0.5, 0.6) is 0 Å². The first-order chi connectivity index (χ1) is 7.47. The van der Waals surface area contributed by atoms with Crippen molar-refractivity contribution >= 4 is 22.9 Å². The summed E-state index contributed by atoms with van der Waals surface area (Å²) in [5.41, 5.74) is 5.87. The van der Waals surface area contributed by atoms with E-state index in [2.05, 4.69) is 32.7 Å². The Bertz CT molecular complexity index is 325. The molecule has 92 valence electrons. The number of nitrogens with two attached hydrogens (primary N) is 1. The molecule has 0 saturated carbocycles. The lowest BCUT2D eigenvalue weighted by atomic mass is 10.0. The van der Waals surface area contributed by atoms with Crippen LogP contribution in [0.15, 0.2) is 11.4 Å². The zero-order chi connectivity index (χ0) is 12.3. The molecule has 0 fully saturated rings. The summed E-state index contributed by atoms with van der Waals surface area (Å²) in [5, 5.41) is 2.78. The van der Waals surface area contributed by atoms with Gasteiger partial charge in [-0.2, -0.15) is 0 Å². The average Bonchev–Trinajstić information content (AvgIpc) is 2.64. The van der Waals surface area contributed by atoms with Gasteiger partial charge in [0.2, 0.25) is 0 Å². The minimum absolute atomic E-state index is 0.273. The summed E-state index contributed by atoms with van der Waals surface area (Å²) < 4.78 is 0. The van der Waals surface area contributed by atoms with E-state index in [1.54, 1.807) is 11.3 Å². The van der Waals surface area contributed by atoms with E-state index < -0.39 is 0 Å². The molecule has 1 heterocycles. The first kappa shape index (κ1) is 14.0. The summed E-state index contributed by atoms with van der Waals surface area (Å²) in [6.45, 7) is 7.33. The molecule has 0 aliphatic heterocycles. The lowest BCUT2D eigenvalue weighted by Crippen LogP contribution is -2.39. The molecule has 0 aliphatic rings. The lowest BCUT2D eigenvalue weighted by Gasteiger charge is -2.34. The highest BCUT2D eigenvalue weighted by atomic mass is 35.5. The van der Waals surface area contributed by atoms with E-state index in [-0.39, 0.29) is 6.04 Å². The Morgan fingerprint density at radius 1 is 1.44 bits per heavy atom. The molecular formula is C12H21ClN2S. The summed E-state index contributed by atoms with van der Waals surface area (Å²) in [6, 6.07) is 2.80. The molecule has 0 amide bonds. The second-order valence-electron chi connectivity index (χ2n) is 4.57. The third-order valence-electron chi connectivity index (χ3n) is 3.24. The third-order valence-corrected chi connectivity index (χ3v) is 4.62. The van der Waals surface area contributed by atoms with Crippen molar-refractivity contribution < 1.29 is 0 Å². The molecule has 2 atom stereocenters. The maximum Gasteiger partial charge on any atom is 0.0564 e. The van der Waals surface area contributed by atoms with Gasteiger partial charge >= 0.3 is 0 Å². The number of nitrogens with zero attached hydrogens (tertiary/aromatic N) is 1. The van der Waals surface area contributed by atoms with Crippen LogP contribution in [-0.4, -0.2) is 24.5 Å². The van der Waals surface area contributed by atoms with E-state index in [1.807, 2.05) is 11.4 Å². The van der Waals surface area contributed by atoms with Gasteiger partial charge in [-0.05, 0) is 26.0 Å². The topological polar surface area (TPSA) is 29.3 Å². The Morgan fingerprint density at radius 2 is 2.06 bits per heavy atom. The van der Waals surface area contributed by atoms with Gasteiger partial charge in [0.15, 0.2) is 0 Å². The summed E-state index contributed by atoms with van der Waals surface area (Å²) in [6.07, 6.45) is 0. The predicted octanol–water partition coefficient (Wildman–Crippen LogP) is 3.38. The summed E-state index contributed by atoms with van der Waals surface area (Å²) in [7, 11) is 2.13. The van der Waals surface area contributed by atoms with E-state index in [1.165, 1.54) is 4.88 Å². The number of thiophene rings is 1. The SMILES string of the molecule is CC(C)C(C)N(C)C(CN)c1cc(Cl)cs1. The largest absolute Gasteiger partial charge is 0.329 e. The normalized spacial score (nSPS) is 15.8. The highest BCUT2D eigenvalue weighted by Gasteiger charge is 2.23. The second-order valence-corrected chi connectivity index (χ2v) is 5.95. The van der Waals surface area contributed by atoms with Crippen LogP contribution in [0, 0.1) is 5.92 Å². The van der Waals surface area contributed by atoms with Crippen molar-refractivity contribution in [1.29, 1.82) is 0 Å². The quantitative estimate of drug-likeness (QED) is 0.880. The first-order valence-electron chi connectivity index (χ1n) is 5.63. The molecule has 0 radical (unpaired) electrons. The standard InChI is InChI=1S/C12H21ClN2S/c1-8(2)9(3)15(4)11(6-14)12-5-10(13)7-16-12/h5,7-9,11H,6,14H2,1-4H3. The van der Waals surface area contributed by atoms with Gasteiger partial charge in [0.25, 0.3) is 0 Å². The molecular weight excluding hydrogens is 240 g/mol. The molecule has 1 rings (SSSR count). The third kappa shape index (κ3) is 3.20. The van der Waals surface area contributed by atoms with Crippen LogP contribution in [0.1, 0.15) is 31.7 Å². The maximum absolute atomic E-state index is 5.96. The number of rotatable bonds is 5. The Balaban J connectivity index is 2.82. The Hall–Kier alpha value is -0.0900. The highest BCUT2D eigenvalue weighted by Crippen LogP contribution is 2.30. The van der Waals surface area contributed by atoms with Crippen molar-refractivity contribution in [3.63, 3.8) is 0 Å². The molecule has 0 aromatic carbocycles. The van der Waals surface area contributed by atoms with Gasteiger partial charge in [-0.1, -0.05) is 25.4 Å². The minimum atomic E-state index is 0.273. The number of hydrogen-bond donors (Lipinski definition) is 1. The van der Waals surface area contributed by atoms with E-state index in [0.29, 0.717) is 18.5 Å². The molecule has 4 heteroatoms. The molecule has 0 spiro atoms. The second kappa shape index (κ2) is 6.01. The lowest BCUT2D eigenvalue weighted by molar-refractivity contribution is 0.154. The smallest absolute Gasteiger partial charge is 0.0564 e. The van der Waals surface area contributed by atoms with Crippen LogP contribution in [-0.2, 0) is 0 Å². The first-order valence-corrected chi connectivity index (χ1v) is 6.89. The van der Waals surface area contributed by atoms with Gasteiger partial charge < -0.3 is 5.73 Å². The van der Waals surface area contributed by atoms with Crippen molar-refractivity contribution in [2.75, 3.05) is 13.6 Å². The van der Waals surface area contributed by atoms with Crippen molar-refractivity contribution in [2.24, 2.45) is 11.7 Å². The minimum Gasteiger partial charge on any atom is -0.329 e. The van der Waals surface area contributed by atoms with Gasteiger partial charge in [-0.25, -0.2) is 0 Å². The van der Waals surface area contributed by atoms with Crippen LogP contribution in [0.3, 0.4) is 0 Å². The number of likely N-dealkylation sites (N-methyl/N-ethyl adjacent to an activating group) is 1. The summed E-state index contributed by atoms with van der Waals surface area (Å²) in [5.74, 6) is 0.620. The molecule has 16 heavy (non-hydrogen) atoms. The fourth-order valence-electron chi connectivity index (χ4n) is 1.74. The van der Waals surface area contributed by atoms with Crippen LogP contribution >= 0.6 is 22.9 Å². The molecule has 2 N–H and O–H groups in total. The highest BCUT2D eigenvalue weighted by molar-refractivity contribution is 7.10. The van der Waals surface area contributed by atoms with Crippen molar-refractivity contribution in [3.8, 4) is 0 Å². The van der Waals surface area contributed by atoms with Crippen molar-refractivity contribution in [3.05, 3.63) is 21.3 Å². The van der Waals surface area contributed by atoms with E-state index in [9.17, 15) is 0 Å². The molecule has 0 aliphatic carbocycles. The molecule has 0 saturated heterocycles. The van der Waals surface area contributed by atoms with Crippen LogP contribution in [0.4, 0.5) is 0 Å². The number of hydrogen-bond acceptors (Lipinski definition) is 3. The van der Waals surface area contributed by atoms with Crippen molar-refractivity contribution in [2.45, 2.75) is 32.9 Å². The van der Waals surface area contributed by atoms with Gasteiger partial charge in [0.1, 0.15) is 0 Å².